The first-order chi connectivity index (χ1) is 5.99. The van der Waals surface area contributed by atoms with Crippen molar-refractivity contribution in [3.8, 4) is 0 Å². The van der Waals surface area contributed by atoms with Gasteiger partial charge >= 0.3 is 11.9 Å². The largest absolute Gasteiger partial charge is 0.481 e. The van der Waals surface area contributed by atoms with Crippen molar-refractivity contribution in [2.24, 2.45) is 5.92 Å². The maximum absolute atomic E-state index is 10.7. The van der Waals surface area contributed by atoms with Crippen LogP contribution in [-0.4, -0.2) is 24.2 Å². The fraction of sp³-hybridized carbons (Fsp3) is 0.556. The molecule has 0 heterocycles. The van der Waals surface area contributed by atoms with Gasteiger partial charge in [-0.25, -0.2) is 0 Å². The predicted molar refractivity (Wildman–Crippen MR) is 47.2 cm³/mol. The number of aliphatic carboxylic acids is 1. The highest BCUT2D eigenvalue weighted by atomic mass is 16.5. The van der Waals surface area contributed by atoms with E-state index in [0.29, 0.717) is 5.57 Å². The van der Waals surface area contributed by atoms with Crippen LogP contribution in [0.1, 0.15) is 19.8 Å². The van der Waals surface area contributed by atoms with Gasteiger partial charge in [0.15, 0.2) is 0 Å². The van der Waals surface area contributed by atoms with Gasteiger partial charge in [-0.3, -0.25) is 9.59 Å². The maximum atomic E-state index is 10.7. The summed E-state index contributed by atoms with van der Waals surface area (Å²) in [6.07, 6.45) is 0.359. The number of hydrogen-bond donors (Lipinski definition) is 1. The Morgan fingerprint density at radius 2 is 2.08 bits per heavy atom. The van der Waals surface area contributed by atoms with Gasteiger partial charge in [0, 0.05) is 6.42 Å². The smallest absolute Gasteiger partial charge is 0.310 e. The molecule has 0 aliphatic rings. The van der Waals surface area contributed by atoms with Crippen molar-refractivity contribution >= 4 is 11.9 Å². The maximum Gasteiger partial charge on any atom is 0.310 e. The third kappa shape index (κ3) is 4.30. The Morgan fingerprint density at radius 3 is 2.38 bits per heavy atom. The van der Waals surface area contributed by atoms with Crippen LogP contribution >= 0.6 is 0 Å². The molecule has 13 heavy (non-hydrogen) atoms. The van der Waals surface area contributed by atoms with Gasteiger partial charge in [-0.1, -0.05) is 12.2 Å². The van der Waals surface area contributed by atoms with Crippen molar-refractivity contribution in [3.05, 3.63) is 12.2 Å². The molecule has 74 valence electrons. The van der Waals surface area contributed by atoms with Crippen molar-refractivity contribution in [3.63, 3.8) is 0 Å². The molecule has 4 heteroatoms. The Kier molecular flexibility index (Phi) is 4.80. The molecule has 1 N–H and O–H groups in total. The standard InChI is InChI=1S/C9H14O4/c1-6(2)7(9(11)12)4-5-8(10)13-3/h7H,1,4-5H2,2-3H3,(H,11,12)/t7-/m1/s1. The monoisotopic (exact) mass is 186 g/mol. The van der Waals surface area contributed by atoms with Crippen LogP contribution in [0, 0.1) is 5.92 Å². The normalized spacial score (nSPS) is 11.8. The Hall–Kier alpha value is -1.32. The molecule has 0 fully saturated rings. The summed E-state index contributed by atoms with van der Waals surface area (Å²) < 4.78 is 4.40. The lowest BCUT2D eigenvalue weighted by Crippen LogP contribution is -2.16. The van der Waals surface area contributed by atoms with Gasteiger partial charge in [0.1, 0.15) is 0 Å². The van der Waals surface area contributed by atoms with E-state index in [-0.39, 0.29) is 12.8 Å². The van der Waals surface area contributed by atoms with Gasteiger partial charge in [-0.05, 0) is 13.3 Å². The van der Waals surface area contributed by atoms with Gasteiger partial charge in [0.2, 0.25) is 0 Å². The van der Waals surface area contributed by atoms with Crippen LogP contribution in [0.25, 0.3) is 0 Å². The number of ether oxygens (including phenoxy) is 1. The number of esters is 1. The third-order valence-corrected chi connectivity index (χ3v) is 1.76. The topological polar surface area (TPSA) is 63.6 Å². The molecule has 4 nitrogen and oxygen atoms in total. The zero-order valence-electron chi connectivity index (χ0n) is 7.87. The molecule has 0 aromatic rings. The first kappa shape index (κ1) is 11.7. The molecule has 0 saturated heterocycles. The summed E-state index contributed by atoms with van der Waals surface area (Å²) >= 11 is 0. The van der Waals surface area contributed by atoms with Crippen LogP contribution in [-0.2, 0) is 14.3 Å². The number of carboxylic acid groups (broad SMARTS) is 1. The molecular weight excluding hydrogens is 172 g/mol. The van der Waals surface area contributed by atoms with Crippen LogP contribution < -0.4 is 0 Å². The Bertz CT molecular complexity index is 206. The van der Waals surface area contributed by atoms with Crippen molar-refractivity contribution < 1.29 is 19.4 Å². The van der Waals surface area contributed by atoms with E-state index in [1.165, 1.54) is 7.11 Å². The zero-order valence-corrected chi connectivity index (χ0v) is 7.87. The van der Waals surface area contributed by atoms with E-state index in [4.69, 9.17) is 5.11 Å². The number of hydrogen-bond acceptors (Lipinski definition) is 3. The average molecular weight is 186 g/mol. The van der Waals surface area contributed by atoms with Crippen LogP contribution in [0.2, 0.25) is 0 Å². The SMILES string of the molecule is C=C(C)[C@@H](CCC(=O)OC)C(=O)O. The van der Waals surface area contributed by atoms with E-state index in [2.05, 4.69) is 11.3 Å². The molecular formula is C9H14O4. The first-order valence-corrected chi connectivity index (χ1v) is 3.94. The van der Waals surface area contributed by atoms with Crippen LogP contribution in [0.15, 0.2) is 12.2 Å². The lowest BCUT2D eigenvalue weighted by atomic mass is 9.97. The summed E-state index contributed by atoms with van der Waals surface area (Å²) in [6, 6.07) is 0. The van der Waals surface area contributed by atoms with Crippen molar-refractivity contribution in [1.82, 2.24) is 0 Å². The lowest BCUT2D eigenvalue weighted by Gasteiger charge is -2.10. The van der Waals surface area contributed by atoms with E-state index in [1.54, 1.807) is 6.92 Å². The van der Waals surface area contributed by atoms with E-state index < -0.39 is 17.9 Å². The Labute approximate surface area is 77.2 Å². The number of carbonyl (C=O) groups excluding carboxylic acids is 1. The number of rotatable bonds is 5. The van der Waals surface area contributed by atoms with Crippen molar-refractivity contribution in [2.45, 2.75) is 19.8 Å². The molecule has 1 atom stereocenters. The molecule has 0 rings (SSSR count). The first-order valence-electron chi connectivity index (χ1n) is 3.94. The van der Waals surface area contributed by atoms with E-state index in [0.717, 1.165) is 0 Å². The molecule has 0 spiro atoms. The fourth-order valence-corrected chi connectivity index (χ4v) is 0.945. The van der Waals surface area contributed by atoms with Crippen LogP contribution in [0.3, 0.4) is 0 Å². The second-order valence-corrected chi connectivity index (χ2v) is 2.85. The van der Waals surface area contributed by atoms with Crippen LogP contribution in [0.4, 0.5) is 0 Å². The molecule has 0 unspecified atom stereocenters. The molecule has 0 aromatic carbocycles. The average Bonchev–Trinajstić information content (AvgIpc) is 2.03. The van der Waals surface area contributed by atoms with E-state index in [1.807, 2.05) is 0 Å². The molecule has 0 bridgehead atoms. The summed E-state index contributed by atoms with van der Waals surface area (Å²) in [5, 5.41) is 8.72. The number of carbonyl (C=O) groups is 2. The molecule has 0 aromatic heterocycles. The lowest BCUT2D eigenvalue weighted by molar-refractivity contribution is -0.142. The van der Waals surface area contributed by atoms with Crippen molar-refractivity contribution in [1.29, 1.82) is 0 Å². The second-order valence-electron chi connectivity index (χ2n) is 2.85. The van der Waals surface area contributed by atoms with Crippen molar-refractivity contribution in [2.75, 3.05) is 7.11 Å². The summed E-state index contributed by atoms with van der Waals surface area (Å²) in [5.74, 6) is -2.00. The molecule has 0 saturated carbocycles. The fourth-order valence-electron chi connectivity index (χ4n) is 0.945. The zero-order chi connectivity index (χ0) is 10.4. The predicted octanol–water partition coefficient (Wildman–Crippen LogP) is 1.22. The minimum atomic E-state index is -0.948. The number of carboxylic acids is 1. The highest BCUT2D eigenvalue weighted by Gasteiger charge is 2.19. The Morgan fingerprint density at radius 1 is 1.54 bits per heavy atom. The minimum absolute atomic E-state index is 0.111. The molecule has 0 aliphatic carbocycles. The summed E-state index contributed by atoms with van der Waals surface area (Å²) in [6.45, 7) is 5.18. The second kappa shape index (κ2) is 5.35. The third-order valence-electron chi connectivity index (χ3n) is 1.76. The molecule has 0 radical (unpaired) electrons. The minimum Gasteiger partial charge on any atom is -0.481 e. The van der Waals surface area contributed by atoms with Crippen LogP contribution in [0.5, 0.6) is 0 Å². The van der Waals surface area contributed by atoms with Gasteiger partial charge in [-0.15, -0.1) is 0 Å². The summed E-state index contributed by atoms with van der Waals surface area (Å²) in [7, 11) is 1.28. The van der Waals surface area contributed by atoms with Gasteiger partial charge < -0.3 is 9.84 Å². The summed E-state index contributed by atoms with van der Waals surface area (Å²) in [4.78, 5) is 21.3. The molecule has 0 aliphatic heterocycles. The highest BCUT2D eigenvalue weighted by Crippen LogP contribution is 2.15. The van der Waals surface area contributed by atoms with E-state index >= 15 is 0 Å². The number of methoxy groups -OCH3 is 1. The Balaban J connectivity index is 4.05. The summed E-state index contributed by atoms with van der Waals surface area (Å²) in [5.41, 5.74) is 0.552. The van der Waals surface area contributed by atoms with Gasteiger partial charge in [0.25, 0.3) is 0 Å². The van der Waals surface area contributed by atoms with E-state index in [9.17, 15) is 9.59 Å². The van der Waals surface area contributed by atoms with Gasteiger partial charge in [-0.2, -0.15) is 0 Å². The highest BCUT2D eigenvalue weighted by molar-refractivity contribution is 5.75. The quantitative estimate of drug-likeness (QED) is 0.518. The van der Waals surface area contributed by atoms with Gasteiger partial charge in [0.05, 0.1) is 13.0 Å². The molecule has 0 amide bonds.